The molecule has 0 aliphatic rings. The van der Waals surface area contributed by atoms with Gasteiger partial charge in [0.15, 0.2) is 0 Å². The molecule has 0 saturated carbocycles. The van der Waals surface area contributed by atoms with Crippen LogP contribution in [0.2, 0.25) is 0 Å². The maximum Gasteiger partial charge on any atom is 0.252 e. The van der Waals surface area contributed by atoms with Crippen molar-refractivity contribution in [1.29, 1.82) is 0 Å². The number of carbonyl (C=O) groups is 1. The van der Waals surface area contributed by atoms with Crippen molar-refractivity contribution in [3.05, 3.63) is 89.9 Å². The fourth-order valence-corrected chi connectivity index (χ4v) is 2.95. The maximum atomic E-state index is 12.7. The number of aryl methyl sites for hydroxylation is 1. The van der Waals surface area contributed by atoms with Crippen LogP contribution in [-0.4, -0.2) is 20.7 Å². The zero-order chi connectivity index (χ0) is 17.9. The number of amides is 1. The van der Waals surface area contributed by atoms with Crippen molar-refractivity contribution in [3.8, 4) is 5.69 Å². The molecule has 4 rings (SSSR count). The molecule has 0 spiro atoms. The lowest BCUT2D eigenvalue weighted by molar-refractivity contribution is 0.0952. The summed E-state index contributed by atoms with van der Waals surface area (Å²) in [4.78, 5) is 17.2. The number of hydrogen-bond donors (Lipinski definition) is 1. The third kappa shape index (κ3) is 3.19. The molecule has 0 saturated heterocycles. The number of hydrogen-bond acceptors (Lipinski definition) is 3. The van der Waals surface area contributed by atoms with E-state index in [1.54, 1.807) is 10.9 Å². The van der Waals surface area contributed by atoms with Gasteiger partial charge in [0.2, 0.25) is 0 Å². The molecular weight excluding hydrogens is 324 g/mol. The van der Waals surface area contributed by atoms with Crippen LogP contribution in [0.15, 0.2) is 73.1 Å². The van der Waals surface area contributed by atoms with Gasteiger partial charge >= 0.3 is 0 Å². The first-order valence-corrected chi connectivity index (χ1v) is 8.44. The highest BCUT2D eigenvalue weighted by Crippen LogP contribution is 2.18. The molecule has 1 N–H and O–H groups in total. The summed E-state index contributed by atoms with van der Waals surface area (Å²) in [5.74, 6) is -0.112. The van der Waals surface area contributed by atoms with Crippen LogP contribution < -0.4 is 5.32 Å². The molecule has 1 amide bonds. The molecule has 0 bridgehead atoms. The molecule has 5 nitrogen and oxygen atoms in total. The van der Waals surface area contributed by atoms with E-state index in [9.17, 15) is 4.79 Å². The zero-order valence-corrected chi connectivity index (χ0v) is 14.4. The number of nitrogens with one attached hydrogen (secondary N) is 1. The van der Waals surface area contributed by atoms with Crippen LogP contribution in [0, 0.1) is 6.92 Å². The van der Waals surface area contributed by atoms with Gasteiger partial charge < -0.3 is 5.32 Å². The number of aromatic nitrogens is 3. The van der Waals surface area contributed by atoms with E-state index in [0.29, 0.717) is 12.1 Å². The lowest BCUT2D eigenvalue weighted by atomic mass is 10.1. The first-order valence-electron chi connectivity index (χ1n) is 8.44. The predicted octanol–water partition coefficient (Wildman–Crippen LogP) is 3.66. The second kappa shape index (κ2) is 6.80. The van der Waals surface area contributed by atoms with E-state index >= 15 is 0 Å². The summed E-state index contributed by atoms with van der Waals surface area (Å²) in [5.41, 5.74) is 4.22. The lowest BCUT2D eigenvalue weighted by Gasteiger charge is -2.08. The Hall–Kier alpha value is -3.47. The van der Waals surface area contributed by atoms with Gasteiger partial charge in [0, 0.05) is 29.4 Å². The summed E-state index contributed by atoms with van der Waals surface area (Å²) in [6.07, 6.45) is 3.69. The van der Waals surface area contributed by atoms with Crippen LogP contribution in [0.4, 0.5) is 0 Å². The average molecular weight is 342 g/mol. The molecule has 0 aliphatic carbocycles. The molecule has 0 radical (unpaired) electrons. The van der Waals surface area contributed by atoms with Crippen LogP contribution in [0.3, 0.4) is 0 Å². The fourth-order valence-electron chi connectivity index (χ4n) is 2.95. The molecule has 0 fully saturated rings. The minimum absolute atomic E-state index is 0.112. The Labute approximate surface area is 151 Å². The van der Waals surface area contributed by atoms with E-state index < -0.39 is 0 Å². The lowest BCUT2D eigenvalue weighted by Crippen LogP contribution is -2.23. The number of fused-ring (bicyclic) bond motifs is 1. The Morgan fingerprint density at radius 2 is 1.85 bits per heavy atom. The largest absolute Gasteiger partial charge is 0.348 e. The van der Waals surface area contributed by atoms with Gasteiger partial charge in [0.25, 0.3) is 5.91 Å². The van der Waals surface area contributed by atoms with Gasteiger partial charge in [0.05, 0.1) is 23.0 Å². The van der Waals surface area contributed by atoms with Gasteiger partial charge in [-0.3, -0.25) is 9.78 Å². The molecule has 26 heavy (non-hydrogen) atoms. The number of pyridine rings is 1. The van der Waals surface area contributed by atoms with E-state index in [2.05, 4.69) is 15.4 Å². The smallest absolute Gasteiger partial charge is 0.252 e. The van der Waals surface area contributed by atoms with Crippen molar-refractivity contribution in [3.63, 3.8) is 0 Å². The van der Waals surface area contributed by atoms with Crippen LogP contribution in [0.5, 0.6) is 0 Å². The van der Waals surface area contributed by atoms with Crippen molar-refractivity contribution in [2.24, 2.45) is 0 Å². The summed E-state index contributed by atoms with van der Waals surface area (Å²) < 4.78 is 1.80. The fraction of sp³-hybridized carbons (Fsp3) is 0.0952. The van der Waals surface area contributed by atoms with Crippen LogP contribution in [0.25, 0.3) is 16.6 Å². The highest BCUT2D eigenvalue weighted by molar-refractivity contribution is 6.06. The van der Waals surface area contributed by atoms with E-state index in [1.807, 2.05) is 73.8 Å². The van der Waals surface area contributed by atoms with Gasteiger partial charge in [-0.05, 0) is 31.2 Å². The second-order valence-corrected chi connectivity index (χ2v) is 6.14. The van der Waals surface area contributed by atoms with Gasteiger partial charge in [-0.2, -0.15) is 5.10 Å². The Balaban J connectivity index is 1.52. The summed E-state index contributed by atoms with van der Waals surface area (Å²) in [7, 11) is 0. The summed E-state index contributed by atoms with van der Waals surface area (Å²) >= 11 is 0. The minimum Gasteiger partial charge on any atom is -0.348 e. The Morgan fingerprint density at radius 3 is 2.69 bits per heavy atom. The monoisotopic (exact) mass is 342 g/mol. The molecule has 2 aromatic carbocycles. The first kappa shape index (κ1) is 16.0. The third-order valence-corrected chi connectivity index (χ3v) is 4.20. The van der Waals surface area contributed by atoms with Crippen LogP contribution in [-0.2, 0) is 6.54 Å². The highest BCUT2D eigenvalue weighted by atomic mass is 16.1. The van der Waals surface area contributed by atoms with Crippen LogP contribution in [0.1, 0.15) is 21.6 Å². The van der Waals surface area contributed by atoms with Crippen molar-refractivity contribution < 1.29 is 4.79 Å². The van der Waals surface area contributed by atoms with Gasteiger partial charge in [-0.1, -0.05) is 36.4 Å². The average Bonchev–Trinajstić information content (AvgIpc) is 3.15. The topological polar surface area (TPSA) is 59.8 Å². The summed E-state index contributed by atoms with van der Waals surface area (Å²) in [6.45, 7) is 2.31. The zero-order valence-electron chi connectivity index (χ0n) is 14.4. The van der Waals surface area contributed by atoms with Crippen LogP contribution >= 0.6 is 0 Å². The molecule has 0 unspecified atom stereocenters. The summed E-state index contributed by atoms with van der Waals surface area (Å²) in [5, 5.41) is 8.19. The molecule has 0 aliphatic heterocycles. The highest BCUT2D eigenvalue weighted by Gasteiger charge is 2.12. The van der Waals surface area contributed by atoms with Gasteiger partial charge in [-0.15, -0.1) is 0 Å². The molecule has 4 aromatic rings. The minimum atomic E-state index is -0.112. The number of rotatable bonds is 4. The third-order valence-electron chi connectivity index (χ3n) is 4.20. The molecule has 128 valence electrons. The van der Waals surface area contributed by atoms with E-state index in [-0.39, 0.29) is 5.91 Å². The van der Waals surface area contributed by atoms with Crippen molar-refractivity contribution in [2.75, 3.05) is 0 Å². The second-order valence-electron chi connectivity index (χ2n) is 6.14. The van der Waals surface area contributed by atoms with Gasteiger partial charge in [0.1, 0.15) is 0 Å². The van der Waals surface area contributed by atoms with E-state index in [4.69, 9.17) is 0 Å². The standard InChI is InChI=1S/C21H18N4O/c1-15-11-19(18-9-5-6-10-20(18)24-15)21(26)22-12-16-13-23-25(14-16)17-7-3-2-4-8-17/h2-11,13-14H,12H2,1H3,(H,22,26). The molecule has 0 atom stereocenters. The summed E-state index contributed by atoms with van der Waals surface area (Å²) in [6, 6.07) is 19.4. The number of benzene rings is 2. The number of para-hydroxylation sites is 2. The maximum absolute atomic E-state index is 12.7. The Morgan fingerprint density at radius 1 is 1.08 bits per heavy atom. The molecule has 2 aromatic heterocycles. The van der Waals surface area contributed by atoms with Crippen molar-refractivity contribution >= 4 is 16.8 Å². The normalized spacial score (nSPS) is 10.8. The van der Waals surface area contributed by atoms with E-state index in [0.717, 1.165) is 27.8 Å². The molecular formula is C21H18N4O. The first-order chi connectivity index (χ1) is 12.7. The Bertz CT molecular complexity index is 1070. The number of carbonyl (C=O) groups excluding carboxylic acids is 1. The van der Waals surface area contributed by atoms with E-state index in [1.165, 1.54) is 0 Å². The molecule has 5 heteroatoms. The number of nitrogens with zero attached hydrogens (tertiary/aromatic N) is 3. The predicted molar refractivity (Wildman–Crippen MR) is 101 cm³/mol. The SMILES string of the molecule is Cc1cc(C(=O)NCc2cnn(-c3ccccc3)c2)c2ccccc2n1. The Kier molecular flexibility index (Phi) is 4.19. The van der Waals surface area contributed by atoms with Crippen molar-refractivity contribution in [2.45, 2.75) is 13.5 Å². The van der Waals surface area contributed by atoms with Gasteiger partial charge in [-0.25, -0.2) is 4.68 Å². The van der Waals surface area contributed by atoms with Crippen molar-refractivity contribution in [1.82, 2.24) is 20.1 Å². The molecule has 2 heterocycles. The quantitative estimate of drug-likeness (QED) is 0.616.